The number of hydrogen-bond donors (Lipinski definition) is 0. The van der Waals surface area contributed by atoms with Gasteiger partial charge in [0.05, 0.1) is 5.69 Å². The lowest BCUT2D eigenvalue weighted by molar-refractivity contribution is 0.101. The van der Waals surface area contributed by atoms with Gasteiger partial charge in [0.1, 0.15) is 12.4 Å². The summed E-state index contributed by atoms with van der Waals surface area (Å²) in [6, 6.07) is 8.39. The molecule has 0 saturated heterocycles. The lowest BCUT2D eigenvalue weighted by Crippen LogP contribution is -2.14. The molecule has 0 aliphatic heterocycles. The summed E-state index contributed by atoms with van der Waals surface area (Å²) in [6.07, 6.45) is 1.69. The monoisotopic (exact) mass is 300 g/mol. The van der Waals surface area contributed by atoms with Crippen molar-refractivity contribution in [3.63, 3.8) is 0 Å². The third-order valence-corrected chi connectivity index (χ3v) is 3.74. The Morgan fingerprint density at radius 2 is 2.24 bits per heavy atom. The molecule has 0 saturated carbocycles. The number of ether oxygens (including phenoxy) is 1. The van der Waals surface area contributed by atoms with Crippen LogP contribution < -0.4 is 10.3 Å². The van der Waals surface area contributed by atoms with Crippen molar-refractivity contribution in [2.24, 2.45) is 0 Å². The van der Waals surface area contributed by atoms with Gasteiger partial charge in [0, 0.05) is 23.2 Å². The van der Waals surface area contributed by atoms with E-state index >= 15 is 0 Å². The Labute approximate surface area is 124 Å². The van der Waals surface area contributed by atoms with Crippen LogP contribution in [0.3, 0.4) is 0 Å². The normalized spacial score (nSPS) is 10.7. The van der Waals surface area contributed by atoms with Crippen LogP contribution in [-0.2, 0) is 6.61 Å². The molecule has 0 atom stereocenters. The average Bonchev–Trinajstić information content (AvgIpc) is 2.94. The summed E-state index contributed by atoms with van der Waals surface area (Å²) in [6.45, 7) is 1.69. The topological polar surface area (TPSA) is 60.7 Å². The molecule has 1 aromatic carbocycles. The quantitative estimate of drug-likeness (QED) is 0.695. The fourth-order valence-corrected chi connectivity index (χ4v) is 2.66. The summed E-state index contributed by atoms with van der Waals surface area (Å²) < 4.78 is 7.10. The molecule has 0 aliphatic rings. The molecule has 0 unspecified atom stereocenters. The van der Waals surface area contributed by atoms with Gasteiger partial charge in [-0.3, -0.25) is 14.0 Å². The number of hydrogen-bond acceptors (Lipinski definition) is 5. The summed E-state index contributed by atoms with van der Waals surface area (Å²) in [5.41, 5.74) is 1.03. The Morgan fingerprint density at radius 3 is 3.05 bits per heavy atom. The number of ketones is 1. The number of carbonyl (C=O) groups is 1. The van der Waals surface area contributed by atoms with Gasteiger partial charge in [-0.15, -0.1) is 11.3 Å². The van der Waals surface area contributed by atoms with Gasteiger partial charge in [0.15, 0.2) is 10.7 Å². The van der Waals surface area contributed by atoms with Crippen LogP contribution in [0, 0.1) is 0 Å². The summed E-state index contributed by atoms with van der Waals surface area (Å²) in [5, 5.41) is 1.81. The Kier molecular flexibility index (Phi) is 3.53. The Balaban J connectivity index is 1.81. The third-order valence-electron chi connectivity index (χ3n) is 2.98. The number of carbonyl (C=O) groups excluding carboxylic acids is 1. The van der Waals surface area contributed by atoms with Crippen molar-refractivity contribution >= 4 is 22.1 Å². The van der Waals surface area contributed by atoms with E-state index in [2.05, 4.69) is 4.98 Å². The van der Waals surface area contributed by atoms with Gasteiger partial charge in [-0.2, -0.15) is 0 Å². The molecule has 0 fully saturated rings. The molecule has 0 aliphatic carbocycles. The molecule has 0 radical (unpaired) electrons. The van der Waals surface area contributed by atoms with Crippen molar-refractivity contribution in [2.75, 3.05) is 0 Å². The van der Waals surface area contributed by atoms with Gasteiger partial charge in [-0.25, -0.2) is 4.98 Å². The standard InChI is InChI=1S/C15H12N2O3S/c1-10(18)11-3-2-4-13(7-11)20-9-12-8-14(19)17-5-6-21-15(17)16-12/h2-8H,9H2,1H3. The first kappa shape index (κ1) is 13.5. The van der Waals surface area contributed by atoms with E-state index in [0.29, 0.717) is 22.0 Å². The lowest BCUT2D eigenvalue weighted by atomic mass is 10.1. The van der Waals surface area contributed by atoms with Crippen LogP contribution in [0.4, 0.5) is 0 Å². The van der Waals surface area contributed by atoms with Crippen LogP contribution in [0.1, 0.15) is 23.0 Å². The molecule has 21 heavy (non-hydrogen) atoms. The molecular formula is C15H12N2O3S. The second kappa shape index (κ2) is 5.49. The molecule has 2 aromatic heterocycles. The zero-order valence-corrected chi connectivity index (χ0v) is 12.1. The highest BCUT2D eigenvalue weighted by Crippen LogP contribution is 2.15. The Hall–Kier alpha value is -2.47. The van der Waals surface area contributed by atoms with Gasteiger partial charge in [-0.05, 0) is 19.1 Å². The van der Waals surface area contributed by atoms with Crippen LogP contribution in [0.5, 0.6) is 5.75 Å². The van der Waals surface area contributed by atoms with Crippen LogP contribution in [0.15, 0.2) is 46.7 Å². The van der Waals surface area contributed by atoms with E-state index in [4.69, 9.17) is 4.74 Å². The Bertz CT molecular complexity index is 866. The van der Waals surface area contributed by atoms with Crippen LogP contribution >= 0.6 is 11.3 Å². The van der Waals surface area contributed by atoms with E-state index in [-0.39, 0.29) is 17.9 Å². The number of thiazole rings is 1. The van der Waals surface area contributed by atoms with E-state index in [1.54, 1.807) is 30.5 Å². The molecular weight excluding hydrogens is 288 g/mol. The van der Waals surface area contributed by atoms with Crippen LogP contribution in [0.2, 0.25) is 0 Å². The predicted octanol–water partition coefficient (Wildman–Crippen LogP) is 2.54. The van der Waals surface area contributed by atoms with E-state index in [1.807, 2.05) is 5.38 Å². The third kappa shape index (κ3) is 2.85. The zero-order valence-electron chi connectivity index (χ0n) is 11.3. The first-order valence-electron chi connectivity index (χ1n) is 6.33. The van der Waals surface area contributed by atoms with E-state index < -0.39 is 0 Å². The summed E-state index contributed by atoms with van der Waals surface area (Å²) in [7, 11) is 0. The highest BCUT2D eigenvalue weighted by atomic mass is 32.1. The molecule has 5 nitrogen and oxygen atoms in total. The molecule has 6 heteroatoms. The molecule has 0 spiro atoms. The van der Waals surface area contributed by atoms with Gasteiger partial charge in [0.25, 0.3) is 5.56 Å². The van der Waals surface area contributed by atoms with Gasteiger partial charge >= 0.3 is 0 Å². The fraction of sp³-hybridized carbons (Fsp3) is 0.133. The maximum absolute atomic E-state index is 11.8. The van der Waals surface area contributed by atoms with Crippen molar-refractivity contribution in [2.45, 2.75) is 13.5 Å². The van der Waals surface area contributed by atoms with E-state index in [1.165, 1.54) is 28.7 Å². The van der Waals surface area contributed by atoms with Crippen molar-refractivity contribution < 1.29 is 9.53 Å². The highest BCUT2D eigenvalue weighted by molar-refractivity contribution is 7.15. The number of fused-ring (bicyclic) bond motifs is 1. The molecule has 106 valence electrons. The highest BCUT2D eigenvalue weighted by Gasteiger charge is 2.05. The number of nitrogens with zero attached hydrogens (tertiary/aromatic N) is 2. The number of rotatable bonds is 4. The van der Waals surface area contributed by atoms with Crippen molar-refractivity contribution in [3.05, 3.63) is 63.5 Å². The number of Topliss-reactive ketones (excluding diaryl/α,β-unsaturated/α-hetero) is 1. The van der Waals surface area contributed by atoms with E-state index in [0.717, 1.165) is 0 Å². The smallest absolute Gasteiger partial charge is 0.258 e. The Morgan fingerprint density at radius 1 is 1.38 bits per heavy atom. The van der Waals surface area contributed by atoms with Gasteiger partial charge < -0.3 is 4.74 Å². The first-order chi connectivity index (χ1) is 10.1. The number of aromatic nitrogens is 2. The molecule has 0 bridgehead atoms. The minimum atomic E-state index is -0.127. The molecule has 3 rings (SSSR count). The van der Waals surface area contributed by atoms with Gasteiger partial charge in [-0.1, -0.05) is 12.1 Å². The largest absolute Gasteiger partial charge is 0.487 e. The summed E-state index contributed by atoms with van der Waals surface area (Å²) in [5.74, 6) is 0.563. The molecule has 0 N–H and O–H groups in total. The average molecular weight is 300 g/mol. The van der Waals surface area contributed by atoms with Gasteiger partial charge in [0.2, 0.25) is 0 Å². The zero-order chi connectivity index (χ0) is 14.8. The molecule has 2 heterocycles. The first-order valence-corrected chi connectivity index (χ1v) is 7.21. The molecule has 0 amide bonds. The molecule has 3 aromatic rings. The minimum Gasteiger partial charge on any atom is -0.487 e. The second-order valence-electron chi connectivity index (χ2n) is 4.51. The summed E-state index contributed by atoms with van der Waals surface area (Å²) in [4.78, 5) is 28.2. The van der Waals surface area contributed by atoms with Crippen molar-refractivity contribution in [3.8, 4) is 5.75 Å². The van der Waals surface area contributed by atoms with E-state index in [9.17, 15) is 9.59 Å². The predicted molar refractivity (Wildman–Crippen MR) is 80.1 cm³/mol. The minimum absolute atomic E-state index is 0.0168. The van der Waals surface area contributed by atoms with Crippen molar-refractivity contribution in [1.82, 2.24) is 9.38 Å². The lowest BCUT2D eigenvalue weighted by Gasteiger charge is -2.06. The van der Waals surface area contributed by atoms with Crippen molar-refractivity contribution in [1.29, 1.82) is 0 Å². The van der Waals surface area contributed by atoms with Crippen LogP contribution in [0.25, 0.3) is 4.96 Å². The fourth-order valence-electron chi connectivity index (χ4n) is 1.92. The summed E-state index contributed by atoms with van der Waals surface area (Å²) >= 11 is 1.40. The number of benzene rings is 1. The SMILES string of the molecule is CC(=O)c1cccc(OCc2cc(=O)n3ccsc3n2)c1. The van der Waals surface area contributed by atoms with Crippen LogP contribution in [-0.4, -0.2) is 15.2 Å². The maximum atomic E-state index is 11.8. The maximum Gasteiger partial charge on any atom is 0.258 e. The second-order valence-corrected chi connectivity index (χ2v) is 5.39.